The third-order valence-corrected chi connectivity index (χ3v) is 5.63. The van der Waals surface area contributed by atoms with Crippen molar-refractivity contribution in [1.82, 2.24) is 9.97 Å². The molecule has 2 amide bonds. The van der Waals surface area contributed by atoms with Gasteiger partial charge in [0.05, 0.1) is 30.4 Å². The molecule has 2 N–H and O–H groups in total. The normalized spacial score (nSPS) is 13.5. The Labute approximate surface area is 209 Å². The van der Waals surface area contributed by atoms with Crippen LogP contribution in [-0.2, 0) is 4.74 Å². The summed E-state index contributed by atoms with van der Waals surface area (Å²) >= 11 is 5.91. The fraction of sp³-hybridized carbons (Fsp3) is 0.160. The van der Waals surface area contributed by atoms with Crippen LogP contribution in [0.3, 0.4) is 0 Å². The quantitative estimate of drug-likeness (QED) is 0.350. The summed E-state index contributed by atoms with van der Waals surface area (Å²) in [4.78, 5) is 23.4. The van der Waals surface area contributed by atoms with Crippen LogP contribution in [0.5, 0.6) is 11.5 Å². The number of ether oxygens (including phenoxy) is 2. The monoisotopic (exact) mass is 511 g/mol. The Morgan fingerprint density at radius 3 is 2.61 bits per heavy atom. The van der Waals surface area contributed by atoms with Gasteiger partial charge in [-0.3, -0.25) is 4.98 Å². The molecule has 3 aromatic carbocycles. The van der Waals surface area contributed by atoms with E-state index in [0.717, 1.165) is 6.07 Å². The Morgan fingerprint density at radius 1 is 1.00 bits per heavy atom. The Kier molecular flexibility index (Phi) is 6.79. The van der Waals surface area contributed by atoms with Gasteiger partial charge in [-0.1, -0.05) is 17.7 Å². The lowest BCUT2D eigenvalue weighted by Crippen LogP contribution is -2.36. The minimum Gasteiger partial charge on any atom is -0.454 e. The second-order valence-corrected chi connectivity index (χ2v) is 8.38. The number of morpholine rings is 1. The minimum atomic E-state index is -1.19. The lowest BCUT2D eigenvalue weighted by molar-refractivity contribution is 0.122. The Morgan fingerprint density at radius 2 is 1.81 bits per heavy atom. The highest BCUT2D eigenvalue weighted by molar-refractivity contribution is 6.30. The SMILES string of the molecule is O=C(Nc1cccc(Cl)c1)Nc1cc(F)c(F)c(Oc2ccc3ncc(N4CCOCC4)nc3c2)c1. The van der Waals surface area contributed by atoms with Crippen molar-refractivity contribution in [1.29, 1.82) is 0 Å². The molecule has 36 heavy (non-hydrogen) atoms. The van der Waals surface area contributed by atoms with E-state index in [1.165, 1.54) is 6.07 Å². The van der Waals surface area contributed by atoms with Crippen molar-refractivity contribution in [2.24, 2.45) is 0 Å². The zero-order valence-corrected chi connectivity index (χ0v) is 19.6. The van der Waals surface area contributed by atoms with Crippen molar-refractivity contribution in [3.05, 3.63) is 77.5 Å². The van der Waals surface area contributed by atoms with Crippen molar-refractivity contribution in [2.45, 2.75) is 0 Å². The zero-order valence-electron chi connectivity index (χ0n) is 18.8. The third-order valence-electron chi connectivity index (χ3n) is 5.40. The van der Waals surface area contributed by atoms with Crippen LogP contribution in [0.15, 0.2) is 60.8 Å². The van der Waals surface area contributed by atoms with E-state index in [-0.39, 0.29) is 11.4 Å². The number of urea groups is 1. The number of amides is 2. The predicted molar refractivity (Wildman–Crippen MR) is 133 cm³/mol. The number of fused-ring (bicyclic) bond motifs is 1. The van der Waals surface area contributed by atoms with E-state index in [0.29, 0.717) is 53.9 Å². The number of rotatable bonds is 5. The molecular formula is C25H20ClF2N5O3. The summed E-state index contributed by atoms with van der Waals surface area (Å²) in [6.45, 7) is 2.61. The molecular weight excluding hydrogens is 492 g/mol. The van der Waals surface area contributed by atoms with Gasteiger partial charge in [0.2, 0.25) is 5.82 Å². The number of halogens is 3. The molecule has 1 saturated heterocycles. The van der Waals surface area contributed by atoms with Crippen molar-refractivity contribution >= 4 is 45.9 Å². The molecule has 0 radical (unpaired) electrons. The van der Waals surface area contributed by atoms with Crippen LogP contribution in [0, 0.1) is 11.6 Å². The second kappa shape index (κ2) is 10.3. The second-order valence-electron chi connectivity index (χ2n) is 7.94. The highest BCUT2D eigenvalue weighted by Crippen LogP contribution is 2.31. The van der Waals surface area contributed by atoms with Gasteiger partial charge >= 0.3 is 6.03 Å². The van der Waals surface area contributed by atoms with Crippen LogP contribution < -0.4 is 20.3 Å². The fourth-order valence-electron chi connectivity index (χ4n) is 3.69. The first-order chi connectivity index (χ1) is 17.4. The maximum Gasteiger partial charge on any atom is 0.323 e. The van der Waals surface area contributed by atoms with E-state index in [4.69, 9.17) is 21.1 Å². The van der Waals surface area contributed by atoms with Gasteiger partial charge in [-0.2, -0.15) is 4.39 Å². The first-order valence-electron chi connectivity index (χ1n) is 11.0. The number of nitrogens with zero attached hydrogens (tertiary/aromatic N) is 3. The van der Waals surface area contributed by atoms with E-state index in [1.807, 2.05) is 0 Å². The van der Waals surface area contributed by atoms with Crippen LogP contribution >= 0.6 is 11.6 Å². The molecule has 0 bridgehead atoms. The van der Waals surface area contributed by atoms with E-state index < -0.39 is 23.4 Å². The maximum absolute atomic E-state index is 14.5. The van der Waals surface area contributed by atoms with Gasteiger partial charge in [0, 0.05) is 47.7 Å². The smallest absolute Gasteiger partial charge is 0.323 e. The summed E-state index contributed by atoms with van der Waals surface area (Å²) in [5.74, 6) is -1.85. The molecule has 1 aromatic heterocycles. The number of benzene rings is 3. The third kappa shape index (κ3) is 5.45. The van der Waals surface area contributed by atoms with E-state index in [9.17, 15) is 13.6 Å². The van der Waals surface area contributed by atoms with E-state index in [2.05, 4.69) is 25.5 Å². The molecule has 0 aliphatic carbocycles. The first kappa shape index (κ1) is 23.7. The van der Waals surface area contributed by atoms with Crippen molar-refractivity contribution < 1.29 is 23.0 Å². The molecule has 0 saturated carbocycles. The Balaban J connectivity index is 1.35. The van der Waals surface area contributed by atoms with Crippen LogP contribution in [-0.4, -0.2) is 42.3 Å². The van der Waals surface area contributed by atoms with Crippen molar-refractivity contribution in [3.8, 4) is 11.5 Å². The lowest BCUT2D eigenvalue weighted by atomic mass is 10.2. The standard InChI is InChI=1S/C25H20ClF2N5O3/c26-15-2-1-3-16(10-15)30-25(34)31-17-11-19(27)24(28)22(12-17)36-18-4-5-20-21(13-18)32-23(14-29-20)33-6-8-35-9-7-33/h1-5,10-14H,6-9H2,(H2,30,31,34). The molecule has 0 atom stereocenters. The largest absolute Gasteiger partial charge is 0.454 e. The van der Waals surface area contributed by atoms with Gasteiger partial charge in [0.1, 0.15) is 11.6 Å². The molecule has 4 aromatic rings. The molecule has 0 spiro atoms. The number of aromatic nitrogens is 2. The molecule has 184 valence electrons. The zero-order chi connectivity index (χ0) is 25.1. The van der Waals surface area contributed by atoms with Crippen LogP contribution in [0.4, 0.5) is 30.8 Å². The first-order valence-corrected chi connectivity index (χ1v) is 11.4. The van der Waals surface area contributed by atoms with Gasteiger partial charge in [0.15, 0.2) is 11.6 Å². The average molecular weight is 512 g/mol. The van der Waals surface area contributed by atoms with Gasteiger partial charge in [0.25, 0.3) is 0 Å². The number of carbonyl (C=O) groups is 1. The number of nitrogens with one attached hydrogen (secondary N) is 2. The van der Waals surface area contributed by atoms with Crippen molar-refractivity contribution in [3.63, 3.8) is 0 Å². The number of hydrogen-bond acceptors (Lipinski definition) is 6. The molecule has 5 rings (SSSR count). The molecule has 1 aliphatic rings. The summed E-state index contributed by atoms with van der Waals surface area (Å²) in [5, 5.41) is 5.47. The Hall–Kier alpha value is -4.02. The van der Waals surface area contributed by atoms with Crippen LogP contribution in [0.1, 0.15) is 0 Å². The molecule has 1 fully saturated rings. The van der Waals surface area contributed by atoms with Gasteiger partial charge in [-0.05, 0) is 30.3 Å². The van der Waals surface area contributed by atoms with Crippen LogP contribution in [0.2, 0.25) is 5.02 Å². The fourth-order valence-corrected chi connectivity index (χ4v) is 3.88. The van der Waals surface area contributed by atoms with Crippen molar-refractivity contribution in [2.75, 3.05) is 41.8 Å². The summed E-state index contributed by atoms with van der Waals surface area (Å²) in [7, 11) is 0. The Bertz CT molecular complexity index is 1430. The lowest BCUT2D eigenvalue weighted by Gasteiger charge is -2.27. The summed E-state index contributed by atoms with van der Waals surface area (Å²) in [6, 6.07) is 12.7. The minimum absolute atomic E-state index is 0.00128. The summed E-state index contributed by atoms with van der Waals surface area (Å²) in [6.07, 6.45) is 1.69. The van der Waals surface area contributed by atoms with Gasteiger partial charge in [-0.25, -0.2) is 14.2 Å². The average Bonchev–Trinajstić information content (AvgIpc) is 2.87. The molecule has 1 aliphatic heterocycles. The molecule has 0 unspecified atom stereocenters. The molecule has 11 heteroatoms. The molecule has 8 nitrogen and oxygen atoms in total. The highest BCUT2D eigenvalue weighted by atomic mass is 35.5. The highest BCUT2D eigenvalue weighted by Gasteiger charge is 2.17. The number of anilines is 3. The van der Waals surface area contributed by atoms with Crippen LogP contribution in [0.25, 0.3) is 11.0 Å². The predicted octanol–water partition coefficient (Wildman–Crippen LogP) is 5.83. The summed E-state index contributed by atoms with van der Waals surface area (Å²) < 4.78 is 39.8. The number of hydrogen-bond donors (Lipinski definition) is 2. The molecule has 2 heterocycles. The summed E-state index contributed by atoms with van der Waals surface area (Å²) in [5.41, 5.74) is 1.60. The van der Waals surface area contributed by atoms with E-state index >= 15 is 0 Å². The van der Waals surface area contributed by atoms with Gasteiger partial charge in [-0.15, -0.1) is 0 Å². The number of carbonyl (C=O) groups excluding carboxylic acids is 1. The topological polar surface area (TPSA) is 88.6 Å². The van der Waals surface area contributed by atoms with Gasteiger partial charge < -0.3 is 25.0 Å². The van der Waals surface area contributed by atoms with E-state index in [1.54, 1.807) is 48.7 Å². The maximum atomic E-state index is 14.5.